The number of aliphatic hydroxyl groups excluding tert-OH is 1. The summed E-state index contributed by atoms with van der Waals surface area (Å²) in [5.41, 5.74) is 13.3. The number of anilines is 1. The smallest absolute Gasteiger partial charge is 0.255 e. The van der Waals surface area contributed by atoms with Crippen molar-refractivity contribution in [1.29, 1.82) is 0 Å². The van der Waals surface area contributed by atoms with Gasteiger partial charge in [0.2, 0.25) is 0 Å². The van der Waals surface area contributed by atoms with Gasteiger partial charge in [0.25, 0.3) is 5.91 Å². The van der Waals surface area contributed by atoms with E-state index in [1.54, 1.807) is 6.07 Å². The molecule has 2 atom stereocenters. The Morgan fingerprint density at radius 2 is 2.31 bits per heavy atom. The third kappa shape index (κ3) is 4.06. The van der Waals surface area contributed by atoms with Crippen LogP contribution in [0, 0.1) is 5.92 Å². The second kappa shape index (κ2) is 8.43. The molecule has 1 aromatic carbocycles. The predicted octanol–water partition coefficient (Wildman–Crippen LogP) is 0.619. The SMILES string of the molecule is NCCN1CCC(CNC(=O)c2cc(Cl)c(N)c3c2OCCC3)C(O)C1. The van der Waals surface area contributed by atoms with Crippen molar-refractivity contribution >= 4 is 23.2 Å². The monoisotopic (exact) mass is 382 g/mol. The zero-order chi connectivity index (χ0) is 18.7. The summed E-state index contributed by atoms with van der Waals surface area (Å²) in [7, 11) is 0. The van der Waals surface area contributed by atoms with E-state index in [0.717, 1.165) is 37.9 Å². The van der Waals surface area contributed by atoms with E-state index < -0.39 is 6.10 Å². The van der Waals surface area contributed by atoms with Crippen LogP contribution in [0.25, 0.3) is 0 Å². The van der Waals surface area contributed by atoms with Gasteiger partial charge in [0.1, 0.15) is 5.75 Å². The largest absolute Gasteiger partial charge is 0.492 e. The van der Waals surface area contributed by atoms with Gasteiger partial charge in [0, 0.05) is 37.7 Å². The molecule has 1 amide bonds. The van der Waals surface area contributed by atoms with Gasteiger partial charge in [-0.05, 0) is 31.9 Å². The Morgan fingerprint density at radius 3 is 3.04 bits per heavy atom. The number of piperidine rings is 1. The van der Waals surface area contributed by atoms with Crippen LogP contribution in [-0.2, 0) is 6.42 Å². The number of hydrogen-bond acceptors (Lipinski definition) is 6. The van der Waals surface area contributed by atoms with Crippen LogP contribution >= 0.6 is 11.6 Å². The van der Waals surface area contributed by atoms with Crippen LogP contribution in [0.3, 0.4) is 0 Å². The molecule has 0 bridgehead atoms. The topological polar surface area (TPSA) is 114 Å². The van der Waals surface area contributed by atoms with Gasteiger partial charge in [0.05, 0.1) is 29.0 Å². The molecule has 2 aliphatic heterocycles. The number of rotatable bonds is 5. The van der Waals surface area contributed by atoms with Crippen molar-refractivity contribution in [2.45, 2.75) is 25.4 Å². The number of nitrogens with one attached hydrogen (secondary N) is 1. The number of nitrogens with two attached hydrogens (primary N) is 2. The summed E-state index contributed by atoms with van der Waals surface area (Å²) in [6.07, 6.45) is 1.95. The standard InChI is InChI=1S/C18H27ClN4O3/c19-14-8-13(17-12(16(14)21)2-1-7-26-17)18(25)22-9-11-3-5-23(6-4-20)10-15(11)24/h8,11,15,24H,1-7,9-10,20-21H2,(H,22,25). The van der Waals surface area contributed by atoms with Gasteiger partial charge in [-0.25, -0.2) is 0 Å². The molecule has 1 saturated heterocycles. The van der Waals surface area contributed by atoms with Crippen molar-refractivity contribution in [2.75, 3.05) is 45.1 Å². The summed E-state index contributed by atoms with van der Waals surface area (Å²) in [4.78, 5) is 14.8. The zero-order valence-electron chi connectivity index (χ0n) is 14.8. The third-order valence-electron chi connectivity index (χ3n) is 5.21. The highest BCUT2D eigenvalue weighted by Crippen LogP contribution is 2.38. The summed E-state index contributed by atoms with van der Waals surface area (Å²) in [5, 5.41) is 13.6. The minimum Gasteiger partial charge on any atom is -0.492 e. The van der Waals surface area contributed by atoms with E-state index in [1.807, 2.05) is 0 Å². The first-order valence-electron chi connectivity index (χ1n) is 9.13. The van der Waals surface area contributed by atoms with E-state index in [4.69, 9.17) is 27.8 Å². The van der Waals surface area contributed by atoms with Crippen LogP contribution in [0.2, 0.25) is 5.02 Å². The number of nitrogen functional groups attached to an aromatic ring is 1. The molecule has 0 saturated carbocycles. The van der Waals surface area contributed by atoms with Gasteiger partial charge < -0.3 is 26.6 Å². The highest BCUT2D eigenvalue weighted by atomic mass is 35.5. The molecule has 2 unspecified atom stereocenters. The molecule has 26 heavy (non-hydrogen) atoms. The molecule has 1 aromatic rings. The predicted molar refractivity (Wildman–Crippen MR) is 102 cm³/mol. The minimum atomic E-state index is -0.476. The number of ether oxygens (including phenoxy) is 1. The van der Waals surface area contributed by atoms with E-state index in [1.165, 1.54) is 0 Å². The maximum atomic E-state index is 12.7. The first-order chi connectivity index (χ1) is 12.5. The minimum absolute atomic E-state index is 0.0222. The van der Waals surface area contributed by atoms with Gasteiger partial charge in [-0.1, -0.05) is 11.6 Å². The van der Waals surface area contributed by atoms with Crippen molar-refractivity contribution in [3.8, 4) is 5.75 Å². The molecule has 7 nitrogen and oxygen atoms in total. The van der Waals surface area contributed by atoms with Crippen LogP contribution in [0.1, 0.15) is 28.8 Å². The number of halogens is 1. The van der Waals surface area contributed by atoms with Gasteiger partial charge >= 0.3 is 0 Å². The lowest BCUT2D eigenvalue weighted by Crippen LogP contribution is -2.48. The number of likely N-dealkylation sites (tertiary alicyclic amines) is 1. The molecule has 0 radical (unpaired) electrons. The Labute approximate surface area is 158 Å². The number of β-amino-alcohol motifs (C(OH)–C–C–N with tert-alkyl or cyclic N) is 1. The van der Waals surface area contributed by atoms with Crippen molar-refractivity contribution in [1.82, 2.24) is 10.2 Å². The maximum Gasteiger partial charge on any atom is 0.255 e. The molecule has 0 spiro atoms. The number of nitrogens with zero attached hydrogens (tertiary/aromatic N) is 1. The molecular weight excluding hydrogens is 356 g/mol. The fourth-order valence-electron chi connectivity index (χ4n) is 3.69. The highest BCUT2D eigenvalue weighted by molar-refractivity contribution is 6.33. The summed E-state index contributed by atoms with van der Waals surface area (Å²) in [5.74, 6) is 0.310. The number of benzene rings is 1. The Hall–Kier alpha value is -1.54. The fraction of sp³-hybridized carbons (Fsp3) is 0.611. The summed E-state index contributed by atoms with van der Waals surface area (Å²) in [6.45, 7) is 3.80. The molecule has 8 heteroatoms. The van der Waals surface area contributed by atoms with Crippen molar-refractivity contribution in [2.24, 2.45) is 11.7 Å². The van der Waals surface area contributed by atoms with E-state index >= 15 is 0 Å². The second-order valence-electron chi connectivity index (χ2n) is 6.99. The normalized spacial score (nSPS) is 23.2. The molecule has 2 heterocycles. The number of carbonyl (C=O) groups is 1. The third-order valence-corrected chi connectivity index (χ3v) is 5.52. The van der Waals surface area contributed by atoms with Gasteiger partial charge in [-0.2, -0.15) is 0 Å². The van der Waals surface area contributed by atoms with E-state index in [2.05, 4.69) is 10.2 Å². The Kier molecular flexibility index (Phi) is 6.24. The van der Waals surface area contributed by atoms with Gasteiger partial charge in [-0.3, -0.25) is 9.69 Å². The fourth-order valence-corrected chi connectivity index (χ4v) is 3.92. The zero-order valence-corrected chi connectivity index (χ0v) is 15.6. The second-order valence-corrected chi connectivity index (χ2v) is 7.40. The molecule has 1 fully saturated rings. The van der Waals surface area contributed by atoms with E-state index in [-0.39, 0.29) is 11.8 Å². The molecular formula is C18H27ClN4O3. The molecule has 2 aliphatic rings. The lowest BCUT2D eigenvalue weighted by atomic mass is 9.93. The van der Waals surface area contributed by atoms with Crippen LogP contribution in [0.5, 0.6) is 5.75 Å². The lowest BCUT2D eigenvalue weighted by Gasteiger charge is -2.35. The van der Waals surface area contributed by atoms with Crippen LogP contribution in [0.15, 0.2) is 6.07 Å². The van der Waals surface area contributed by atoms with Crippen molar-refractivity contribution < 1.29 is 14.6 Å². The van der Waals surface area contributed by atoms with E-state index in [0.29, 0.717) is 48.3 Å². The molecule has 0 aromatic heterocycles. The highest BCUT2D eigenvalue weighted by Gasteiger charge is 2.29. The molecule has 0 aliphatic carbocycles. The number of carbonyl (C=O) groups excluding carboxylic acids is 1. The molecule has 144 valence electrons. The van der Waals surface area contributed by atoms with Crippen LogP contribution in [-0.4, -0.2) is 61.3 Å². The summed E-state index contributed by atoms with van der Waals surface area (Å²) < 4.78 is 5.70. The Balaban J connectivity index is 1.65. The summed E-state index contributed by atoms with van der Waals surface area (Å²) >= 11 is 6.20. The maximum absolute atomic E-state index is 12.7. The average molecular weight is 383 g/mol. The number of aliphatic hydroxyl groups is 1. The first-order valence-corrected chi connectivity index (χ1v) is 9.51. The van der Waals surface area contributed by atoms with E-state index in [9.17, 15) is 9.90 Å². The number of amides is 1. The van der Waals surface area contributed by atoms with Crippen LogP contribution in [0.4, 0.5) is 5.69 Å². The van der Waals surface area contributed by atoms with Crippen LogP contribution < -0.4 is 21.5 Å². The van der Waals surface area contributed by atoms with Crippen molar-refractivity contribution in [3.63, 3.8) is 0 Å². The van der Waals surface area contributed by atoms with Crippen molar-refractivity contribution in [3.05, 3.63) is 22.2 Å². The van der Waals surface area contributed by atoms with Gasteiger partial charge in [-0.15, -0.1) is 0 Å². The number of fused-ring (bicyclic) bond motifs is 1. The summed E-state index contributed by atoms with van der Waals surface area (Å²) in [6, 6.07) is 1.57. The first kappa shape index (κ1) is 19.2. The quantitative estimate of drug-likeness (QED) is 0.555. The number of hydrogen-bond donors (Lipinski definition) is 4. The van der Waals surface area contributed by atoms with Gasteiger partial charge in [0.15, 0.2) is 0 Å². The molecule has 3 rings (SSSR count). The lowest BCUT2D eigenvalue weighted by molar-refractivity contribution is 0.0234. The Morgan fingerprint density at radius 1 is 1.50 bits per heavy atom. The average Bonchev–Trinajstić information content (AvgIpc) is 2.64. The molecule has 6 N–H and O–H groups in total. The Bertz CT molecular complexity index is 670.